The molecular formula is C26H35F3N2O4. The van der Waals surface area contributed by atoms with Crippen molar-refractivity contribution in [1.29, 1.82) is 0 Å². The van der Waals surface area contributed by atoms with Crippen molar-refractivity contribution in [3.63, 3.8) is 0 Å². The summed E-state index contributed by atoms with van der Waals surface area (Å²) in [5.41, 5.74) is 2.71. The number of alkyl halides is 3. The van der Waals surface area contributed by atoms with Crippen molar-refractivity contribution in [2.75, 3.05) is 57.4 Å². The maximum atomic E-state index is 12.2. The molecule has 194 valence electrons. The number of rotatable bonds is 10. The number of halogens is 3. The standard InChI is InChI=1S/C26H35F3N2O4/c1-25(2,3)23-6-4-5-7-24(23)31-14-12-30(13-15-31)18-20(32)19-33-16-17-34-21-8-10-22(11-9-21)35-26(27,28)29/h4-11,20,32H,12-19H2,1-3H3. The molecule has 1 aliphatic rings. The van der Waals surface area contributed by atoms with Gasteiger partial charge >= 0.3 is 6.36 Å². The van der Waals surface area contributed by atoms with Crippen LogP contribution in [0.5, 0.6) is 11.5 Å². The highest BCUT2D eigenvalue weighted by Crippen LogP contribution is 2.32. The van der Waals surface area contributed by atoms with Gasteiger partial charge < -0.3 is 24.2 Å². The number of hydrogen-bond donors (Lipinski definition) is 1. The molecule has 0 aliphatic carbocycles. The van der Waals surface area contributed by atoms with Gasteiger partial charge in [0.15, 0.2) is 0 Å². The minimum atomic E-state index is -4.72. The quantitative estimate of drug-likeness (QED) is 0.490. The van der Waals surface area contributed by atoms with Gasteiger partial charge in [-0.05, 0) is 41.3 Å². The monoisotopic (exact) mass is 496 g/mol. The molecule has 1 saturated heterocycles. The van der Waals surface area contributed by atoms with E-state index in [0.717, 1.165) is 26.2 Å². The number of nitrogens with zero attached hydrogens (tertiary/aromatic N) is 2. The number of piperazine rings is 1. The summed E-state index contributed by atoms with van der Waals surface area (Å²) >= 11 is 0. The summed E-state index contributed by atoms with van der Waals surface area (Å²) in [6, 6.07) is 13.7. The molecule has 3 rings (SSSR count). The molecule has 1 aliphatic heterocycles. The van der Waals surface area contributed by atoms with E-state index in [9.17, 15) is 18.3 Å². The molecule has 0 radical (unpaired) electrons. The van der Waals surface area contributed by atoms with E-state index in [1.54, 1.807) is 0 Å². The molecule has 0 bridgehead atoms. The Labute approximate surface area is 205 Å². The van der Waals surface area contributed by atoms with Gasteiger partial charge in [-0.2, -0.15) is 0 Å². The summed E-state index contributed by atoms with van der Waals surface area (Å²) in [6.45, 7) is 11.4. The lowest BCUT2D eigenvalue weighted by Gasteiger charge is -2.39. The number of aliphatic hydroxyl groups is 1. The second-order valence-corrected chi connectivity index (χ2v) is 9.65. The van der Waals surface area contributed by atoms with Crippen molar-refractivity contribution < 1.29 is 32.5 Å². The third-order valence-corrected chi connectivity index (χ3v) is 5.76. The highest BCUT2D eigenvalue weighted by Gasteiger charge is 2.31. The molecule has 2 aromatic carbocycles. The van der Waals surface area contributed by atoms with Crippen LogP contribution in [-0.2, 0) is 10.2 Å². The number of benzene rings is 2. The lowest BCUT2D eigenvalue weighted by Crippen LogP contribution is -2.49. The maximum absolute atomic E-state index is 12.2. The Morgan fingerprint density at radius 2 is 1.51 bits per heavy atom. The lowest BCUT2D eigenvalue weighted by molar-refractivity contribution is -0.274. The van der Waals surface area contributed by atoms with E-state index in [4.69, 9.17) is 9.47 Å². The maximum Gasteiger partial charge on any atom is 0.573 e. The fourth-order valence-electron chi connectivity index (χ4n) is 4.08. The largest absolute Gasteiger partial charge is 0.573 e. The second kappa shape index (κ2) is 12.0. The number of anilines is 1. The Kier molecular flexibility index (Phi) is 9.27. The molecule has 35 heavy (non-hydrogen) atoms. The molecule has 1 heterocycles. The Hall–Kier alpha value is -2.49. The first-order chi connectivity index (χ1) is 16.5. The number of para-hydroxylation sites is 1. The molecule has 0 saturated carbocycles. The van der Waals surface area contributed by atoms with Crippen LogP contribution in [0.2, 0.25) is 0 Å². The van der Waals surface area contributed by atoms with Gasteiger partial charge in [-0.3, -0.25) is 4.90 Å². The number of hydrogen-bond acceptors (Lipinski definition) is 6. The smallest absolute Gasteiger partial charge is 0.491 e. The van der Waals surface area contributed by atoms with Gasteiger partial charge in [-0.25, -0.2) is 0 Å². The summed E-state index contributed by atoms with van der Waals surface area (Å²) in [7, 11) is 0. The van der Waals surface area contributed by atoms with Crippen LogP contribution in [0.25, 0.3) is 0 Å². The minimum Gasteiger partial charge on any atom is -0.491 e. The number of aliphatic hydroxyl groups excluding tert-OH is 1. The fourth-order valence-corrected chi connectivity index (χ4v) is 4.08. The second-order valence-electron chi connectivity index (χ2n) is 9.65. The summed E-state index contributed by atoms with van der Waals surface area (Å²) < 4.78 is 51.3. The molecular weight excluding hydrogens is 461 g/mol. The van der Waals surface area contributed by atoms with E-state index >= 15 is 0 Å². The van der Waals surface area contributed by atoms with Crippen molar-refractivity contribution in [3.8, 4) is 11.5 Å². The van der Waals surface area contributed by atoms with E-state index < -0.39 is 12.5 Å². The van der Waals surface area contributed by atoms with Crippen LogP contribution in [0.4, 0.5) is 18.9 Å². The van der Waals surface area contributed by atoms with Gasteiger partial charge in [0.25, 0.3) is 0 Å². The average molecular weight is 497 g/mol. The van der Waals surface area contributed by atoms with Crippen molar-refractivity contribution in [1.82, 2.24) is 4.90 Å². The summed E-state index contributed by atoms with van der Waals surface area (Å²) in [4.78, 5) is 4.66. The predicted molar refractivity (Wildman–Crippen MR) is 129 cm³/mol. The highest BCUT2D eigenvalue weighted by molar-refractivity contribution is 5.56. The Morgan fingerprint density at radius 1 is 0.886 bits per heavy atom. The molecule has 0 aromatic heterocycles. The molecule has 1 atom stereocenters. The van der Waals surface area contributed by atoms with E-state index in [0.29, 0.717) is 12.3 Å². The molecule has 1 unspecified atom stereocenters. The van der Waals surface area contributed by atoms with Crippen LogP contribution in [-0.4, -0.2) is 75.0 Å². The van der Waals surface area contributed by atoms with E-state index in [-0.39, 0.29) is 31.0 Å². The molecule has 1 fully saturated rings. The van der Waals surface area contributed by atoms with Crippen LogP contribution in [0.15, 0.2) is 48.5 Å². The third-order valence-electron chi connectivity index (χ3n) is 5.76. The van der Waals surface area contributed by atoms with Gasteiger partial charge in [-0.15, -0.1) is 13.2 Å². The first-order valence-corrected chi connectivity index (χ1v) is 11.8. The molecule has 9 heteroatoms. The van der Waals surface area contributed by atoms with Crippen LogP contribution in [0.1, 0.15) is 26.3 Å². The zero-order valence-corrected chi connectivity index (χ0v) is 20.6. The Balaban J connectivity index is 1.32. The average Bonchev–Trinajstić information content (AvgIpc) is 2.79. The van der Waals surface area contributed by atoms with Crippen molar-refractivity contribution >= 4 is 5.69 Å². The van der Waals surface area contributed by atoms with Crippen molar-refractivity contribution in [3.05, 3.63) is 54.1 Å². The predicted octanol–water partition coefficient (Wildman–Crippen LogP) is 4.46. The minimum absolute atomic E-state index is 0.0793. The van der Waals surface area contributed by atoms with Crippen LogP contribution >= 0.6 is 0 Å². The Morgan fingerprint density at radius 3 is 2.14 bits per heavy atom. The first kappa shape index (κ1) is 27.1. The van der Waals surface area contributed by atoms with Gasteiger partial charge in [0.2, 0.25) is 0 Å². The van der Waals surface area contributed by atoms with Gasteiger partial charge in [0.1, 0.15) is 18.1 Å². The van der Waals surface area contributed by atoms with E-state index in [1.165, 1.54) is 35.5 Å². The zero-order chi connectivity index (χ0) is 25.5. The third kappa shape index (κ3) is 8.91. The summed E-state index contributed by atoms with van der Waals surface area (Å²) in [6.07, 6.45) is -5.33. The SMILES string of the molecule is CC(C)(C)c1ccccc1N1CCN(CC(O)COCCOc2ccc(OC(F)(F)F)cc2)CC1. The van der Waals surface area contributed by atoms with Crippen molar-refractivity contribution in [2.45, 2.75) is 38.7 Å². The summed E-state index contributed by atoms with van der Waals surface area (Å²) in [5.74, 6) is 0.109. The van der Waals surface area contributed by atoms with Gasteiger partial charge in [0.05, 0.1) is 19.3 Å². The highest BCUT2D eigenvalue weighted by atomic mass is 19.4. The van der Waals surface area contributed by atoms with Gasteiger partial charge in [0, 0.05) is 38.4 Å². The Bertz CT molecular complexity index is 908. The van der Waals surface area contributed by atoms with Gasteiger partial charge in [-0.1, -0.05) is 39.0 Å². The molecule has 0 amide bonds. The fraction of sp³-hybridized carbons (Fsp3) is 0.538. The van der Waals surface area contributed by atoms with Crippen LogP contribution in [0, 0.1) is 0 Å². The topological polar surface area (TPSA) is 54.4 Å². The number of ether oxygens (including phenoxy) is 3. The molecule has 0 spiro atoms. The normalized spacial score (nSPS) is 16.3. The van der Waals surface area contributed by atoms with Crippen LogP contribution in [0.3, 0.4) is 0 Å². The summed E-state index contributed by atoms with van der Waals surface area (Å²) in [5, 5.41) is 10.3. The van der Waals surface area contributed by atoms with E-state index in [2.05, 4.69) is 59.6 Å². The zero-order valence-electron chi connectivity index (χ0n) is 20.6. The number of β-amino-alcohol motifs (C(OH)–C–C–N with tert-alkyl or cyclic N) is 1. The van der Waals surface area contributed by atoms with E-state index in [1.807, 2.05) is 0 Å². The van der Waals surface area contributed by atoms with Crippen LogP contribution < -0.4 is 14.4 Å². The molecule has 2 aromatic rings. The first-order valence-electron chi connectivity index (χ1n) is 11.8. The molecule has 6 nitrogen and oxygen atoms in total. The lowest BCUT2D eigenvalue weighted by atomic mass is 9.85. The molecule has 1 N–H and O–H groups in total. The van der Waals surface area contributed by atoms with Crippen molar-refractivity contribution in [2.24, 2.45) is 0 Å².